The Bertz CT molecular complexity index is 1070. The van der Waals surface area contributed by atoms with E-state index in [0.29, 0.717) is 18.2 Å². The van der Waals surface area contributed by atoms with E-state index in [1.165, 1.54) is 17.7 Å². The van der Waals surface area contributed by atoms with Crippen LogP contribution in [-0.4, -0.2) is 8.42 Å². The lowest BCUT2D eigenvalue weighted by atomic mass is 10.1. The number of hydrogen-bond donors (Lipinski definition) is 2. The first-order valence-corrected chi connectivity index (χ1v) is 10.6. The van der Waals surface area contributed by atoms with Crippen molar-refractivity contribution in [2.24, 2.45) is 5.14 Å². The van der Waals surface area contributed by atoms with Crippen LogP contribution < -0.4 is 15.2 Å². The number of benzene rings is 3. The first-order valence-electron chi connectivity index (χ1n) is 8.65. The predicted octanol–water partition coefficient (Wildman–Crippen LogP) is 4.49. The van der Waals surface area contributed by atoms with Crippen LogP contribution >= 0.6 is 11.6 Å². The van der Waals surface area contributed by atoms with Crippen molar-refractivity contribution in [2.45, 2.75) is 25.0 Å². The third-order valence-electron chi connectivity index (χ3n) is 4.33. The van der Waals surface area contributed by atoms with Crippen molar-refractivity contribution in [1.82, 2.24) is 0 Å². The molecular weight excluding hydrogens is 396 g/mol. The fourth-order valence-electron chi connectivity index (χ4n) is 2.71. The smallest absolute Gasteiger partial charge is 0.238 e. The molecule has 0 atom stereocenters. The number of sulfonamides is 1. The number of aryl methyl sites for hydroxylation is 1. The van der Waals surface area contributed by atoms with Crippen LogP contribution in [0.3, 0.4) is 0 Å². The van der Waals surface area contributed by atoms with E-state index in [4.69, 9.17) is 21.5 Å². The Labute approximate surface area is 170 Å². The monoisotopic (exact) mass is 416 g/mol. The highest BCUT2D eigenvalue weighted by molar-refractivity contribution is 7.89. The Hall–Kier alpha value is -2.54. The Morgan fingerprint density at radius 1 is 1.00 bits per heavy atom. The Morgan fingerprint density at radius 2 is 1.71 bits per heavy atom. The second kappa shape index (κ2) is 8.65. The molecule has 0 saturated heterocycles. The van der Waals surface area contributed by atoms with Crippen molar-refractivity contribution < 1.29 is 13.2 Å². The van der Waals surface area contributed by atoms with Gasteiger partial charge in [-0.25, -0.2) is 13.6 Å². The molecule has 0 spiro atoms. The maximum Gasteiger partial charge on any atom is 0.238 e. The summed E-state index contributed by atoms with van der Waals surface area (Å²) in [5.74, 6) is 0.737. The van der Waals surface area contributed by atoms with Gasteiger partial charge in [-0.15, -0.1) is 0 Å². The summed E-state index contributed by atoms with van der Waals surface area (Å²) in [7, 11) is -3.70. The highest BCUT2D eigenvalue weighted by atomic mass is 35.5. The number of nitrogens with two attached hydrogens (primary N) is 1. The van der Waals surface area contributed by atoms with Crippen molar-refractivity contribution in [3.63, 3.8) is 0 Å². The van der Waals surface area contributed by atoms with Crippen LogP contribution in [0.2, 0.25) is 5.02 Å². The molecule has 3 N–H and O–H groups in total. The zero-order valence-electron chi connectivity index (χ0n) is 15.4. The second-order valence-corrected chi connectivity index (χ2v) is 8.39. The van der Waals surface area contributed by atoms with Gasteiger partial charge < -0.3 is 10.1 Å². The molecule has 0 unspecified atom stereocenters. The van der Waals surface area contributed by atoms with Crippen LogP contribution in [0.15, 0.2) is 71.6 Å². The zero-order chi connectivity index (χ0) is 20.1. The molecular formula is C21H21ClN2O3S. The number of nitrogens with one attached hydrogen (secondary N) is 1. The van der Waals surface area contributed by atoms with Crippen LogP contribution in [0.25, 0.3) is 0 Å². The highest BCUT2D eigenvalue weighted by Gasteiger charge is 2.09. The van der Waals surface area contributed by atoms with E-state index < -0.39 is 10.0 Å². The SMILES string of the molecule is Cc1ccccc1COc1ccc(Cl)cc1CNc1ccc(S(N)(=O)=O)cc1. The minimum absolute atomic E-state index is 0.0723. The third kappa shape index (κ3) is 5.25. The van der Waals surface area contributed by atoms with Crippen molar-refractivity contribution in [3.05, 3.63) is 88.4 Å². The average molecular weight is 417 g/mol. The normalized spacial score (nSPS) is 11.2. The summed E-state index contributed by atoms with van der Waals surface area (Å²) in [4.78, 5) is 0.0723. The van der Waals surface area contributed by atoms with Crippen molar-refractivity contribution >= 4 is 27.3 Å². The van der Waals surface area contributed by atoms with Crippen LogP contribution in [0.5, 0.6) is 5.75 Å². The van der Waals surface area contributed by atoms with Gasteiger partial charge in [0.1, 0.15) is 12.4 Å². The zero-order valence-corrected chi connectivity index (χ0v) is 16.9. The minimum Gasteiger partial charge on any atom is -0.489 e. The molecule has 0 aliphatic rings. The number of rotatable bonds is 7. The van der Waals surface area contributed by atoms with E-state index in [-0.39, 0.29) is 4.90 Å². The third-order valence-corrected chi connectivity index (χ3v) is 5.50. The van der Waals surface area contributed by atoms with Gasteiger partial charge in [0.25, 0.3) is 0 Å². The van der Waals surface area contributed by atoms with E-state index >= 15 is 0 Å². The molecule has 3 aromatic carbocycles. The predicted molar refractivity (Wildman–Crippen MR) is 112 cm³/mol. The molecule has 0 amide bonds. The van der Waals surface area contributed by atoms with Gasteiger partial charge in [0.2, 0.25) is 10.0 Å². The molecule has 0 aliphatic heterocycles. The van der Waals surface area contributed by atoms with Gasteiger partial charge in [0, 0.05) is 22.8 Å². The number of halogens is 1. The molecule has 0 radical (unpaired) electrons. The molecule has 3 aromatic rings. The summed E-state index contributed by atoms with van der Waals surface area (Å²) >= 11 is 6.15. The maximum absolute atomic E-state index is 11.3. The van der Waals surface area contributed by atoms with Crippen molar-refractivity contribution in [1.29, 1.82) is 0 Å². The van der Waals surface area contributed by atoms with E-state index in [9.17, 15) is 8.42 Å². The van der Waals surface area contributed by atoms with Gasteiger partial charge >= 0.3 is 0 Å². The molecule has 0 aliphatic carbocycles. The summed E-state index contributed by atoms with van der Waals surface area (Å²) in [5.41, 5.74) is 3.95. The quantitative estimate of drug-likeness (QED) is 0.594. The minimum atomic E-state index is -3.70. The summed E-state index contributed by atoms with van der Waals surface area (Å²) < 4.78 is 28.7. The van der Waals surface area contributed by atoms with Crippen LogP contribution in [0.4, 0.5) is 5.69 Å². The number of anilines is 1. The van der Waals surface area contributed by atoms with Gasteiger partial charge in [0.15, 0.2) is 0 Å². The number of hydrogen-bond acceptors (Lipinski definition) is 4. The van der Waals surface area contributed by atoms with Gasteiger partial charge in [-0.2, -0.15) is 0 Å². The van der Waals surface area contributed by atoms with Gasteiger partial charge in [-0.05, 0) is 60.5 Å². The largest absolute Gasteiger partial charge is 0.489 e. The number of primary sulfonamides is 1. The highest BCUT2D eigenvalue weighted by Crippen LogP contribution is 2.25. The standard InChI is InChI=1S/C21H21ClN2O3S/c1-15-4-2-3-5-16(15)14-27-21-11-6-18(22)12-17(21)13-24-19-7-9-20(10-8-19)28(23,25)26/h2-12,24H,13-14H2,1H3,(H2,23,25,26). The van der Waals surface area contributed by atoms with E-state index in [0.717, 1.165) is 22.6 Å². The molecule has 28 heavy (non-hydrogen) atoms. The first-order chi connectivity index (χ1) is 13.3. The van der Waals surface area contributed by atoms with Crippen LogP contribution in [0.1, 0.15) is 16.7 Å². The van der Waals surface area contributed by atoms with Gasteiger partial charge in [-0.3, -0.25) is 0 Å². The van der Waals surface area contributed by atoms with E-state index in [1.807, 2.05) is 43.3 Å². The molecule has 7 heteroatoms. The van der Waals surface area contributed by atoms with Crippen LogP contribution in [-0.2, 0) is 23.2 Å². The Morgan fingerprint density at radius 3 is 2.39 bits per heavy atom. The summed E-state index contributed by atoms with van der Waals surface area (Å²) in [6, 6.07) is 19.8. The lowest BCUT2D eigenvalue weighted by Crippen LogP contribution is -2.12. The Balaban J connectivity index is 1.71. The number of ether oxygens (including phenoxy) is 1. The molecule has 146 valence electrons. The molecule has 0 heterocycles. The molecule has 5 nitrogen and oxygen atoms in total. The fourth-order valence-corrected chi connectivity index (χ4v) is 3.42. The lowest BCUT2D eigenvalue weighted by molar-refractivity contribution is 0.302. The fraction of sp³-hybridized carbons (Fsp3) is 0.143. The topological polar surface area (TPSA) is 81.4 Å². The van der Waals surface area contributed by atoms with Crippen LogP contribution in [0, 0.1) is 6.92 Å². The molecule has 3 rings (SSSR count). The van der Waals surface area contributed by atoms with Crippen molar-refractivity contribution in [2.75, 3.05) is 5.32 Å². The molecule has 0 saturated carbocycles. The first kappa shape index (κ1) is 20.2. The molecule has 0 fully saturated rings. The Kier molecular flexibility index (Phi) is 6.24. The van der Waals surface area contributed by atoms with Crippen molar-refractivity contribution in [3.8, 4) is 5.75 Å². The van der Waals surface area contributed by atoms with Gasteiger partial charge in [0.05, 0.1) is 4.90 Å². The average Bonchev–Trinajstić information content (AvgIpc) is 2.66. The van der Waals surface area contributed by atoms with E-state index in [2.05, 4.69) is 5.32 Å². The maximum atomic E-state index is 11.3. The molecule has 0 bridgehead atoms. The summed E-state index contributed by atoms with van der Waals surface area (Å²) in [5, 5.41) is 8.98. The van der Waals surface area contributed by atoms with E-state index in [1.54, 1.807) is 18.2 Å². The lowest BCUT2D eigenvalue weighted by Gasteiger charge is -2.14. The van der Waals surface area contributed by atoms with Gasteiger partial charge in [-0.1, -0.05) is 35.9 Å². The summed E-state index contributed by atoms with van der Waals surface area (Å²) in [6.45, 7) is 2.98. The molecule has 0 aromatic heterocycles. The second-order valence-electron chi connectivity index (χ2n) is 6.39. The summed E-state index contributed by atoms with van der Waals surface area (Å²) in [6.07, 6.45) is 0.